The number of ether oxygens (including phenoxy) is 2. The zero-order chi connectivity index (χ0) is 22.3. The Hall–Kier alpha value is -3.58. The second kappa shape index (κ2) is 10.2. The zero-order valence-electron chi connectivity index (χ0n) is 18.4. The lowest BCUT2D eigenvalue weighted by atomic mass is 10.0. The average Bonchev–Trinajstić information content (AvgIpc) is 2.87. The summed E-state index contributed by atoms with van der Waals surface area (Å²) in [4.78, 5) is 19.4. The van der Waals surface area contributed by atoms with Crippen molar-refractivity contribution in [3.63, 3.8) is 0 Å². The fourth-order valence-corrected chi connectivity index (χ4v) is 3.85. The Kier molecular flexibility index (Phi) is 6.87. The van der Waals surface area contributed by atoms with E-state index in [0.29, 0.717) is 23.6 Å². The summed E-state index contributed by atoms with van der Waals surface area (Å²) >= 11 is 0. The monoisotopic (exact) mass is 432 g/mol. The molecule has 3 aromatic rings. The van der Waals surface area contributed by atoms with E-state index in [2.05, 4.69) is 44.8 Å². The molecule has 7 heteroatoms. The molecule has 2 aromatic carbocycles. The largest absolute Gasteiger partial charge is 0.497 e. The third-order valence-electron chi connectivity index (χ3n) is 5.65. The van der Waals surface area contributed by atoms with E-state index >= 15 is 0 Å². The predicted molar refractivity (Wildman–Crippen MR) is 124 cm³/mol. The van der Waals surface area contributed by atoms with Crippen molar-refractivity contribution in [1.29, 1.82) is 0 Å². The van der Waals surface area contributed by atoms with Crippen LogP contribution in [-0.4, -0.2) is 44.7 Å². The average molecular weight is 433 g/mol. The van der Waals surface area contributed by atoms with Crippen LogP contribution >= 0.6 is 0 Å². The number of nitrogens with zero attached hydrogens (tertiary/aromatic N) is 2. The number of anilines is 1. The van der Waals surface area contributed by atoms with Crippen molar-refractivity contribution in [3.05, 3.63) is 83.6 Å². The number of hydrogen-bond acceptors (Lipinski definition) is 6. The van der Waals surface area contributed by atoms with Gasteiger partial charge in [0.1, 0.15) is 17.3 Å². The molecular formula is C25H28N4O3. The molecule has 2 N–H and O–H groups in total. The molecule has 0 spiro atoms. The quantitative estimate of drug-likeness (QED) is 0.597. The van der Waals surface area contributed by atoms with Gasteiger partial charge in [0.2, 0.25) is 0 Å². The minimum Gasteiger partial charge on any atom is -0.497 e. The van der Waals surface area contributed by atoms with E-state index in [1.165, 1.54) is 5.56 Å². The molecule has 0 radical (unpaired) electrons. The Morgan fingerprint density at radius 3 is 2.69 bits per heavy atom. The minimum atomic E-state index is -0.176. The molecule has 0 bridgehead atoms. The summed E-state index contributed by atoms with van der Waals surface area (Å²) in [6.07, 6.45) is 1.63. The normalized spacial score (nSPS) is 15.8. The van der Waals surface area contributed by atoms with Crippen LogP contribution in [0.5, 0.6) is 11.5 Å². The SMILES string of the molecule is COc1ccc(CNC(=O)c2ccc(N3CCNC(c4ccccc4)C3)nc2)c(OC)c1. The first kappa shape index (κ1) is 21.6. The minimum absolute atomic E-state index is 0.176. The van der Waals surface area contributed by atoms with Gasteiger partial charge in [0.05, 0.1) is 19.8 Å². The molecular weight excluding hydrogens is 404 g/mol. The molecule has 1 aliphatic heterocycles. The first-order valence-corrected chi connectivity index (χ1v) is 10.7. The number of methoxy groups -OCH3 is 2. The summed E-state index contributed by atoms with van der Waals surface area (Å²) in [5.74, 6) is 2.08. The molecule has 1 aromatic heterocycles. The highest BCUT2D eigenvalue weighted by Crippen LogP contribution is 2.25. The number of amides is 1. The van der Waals surface area contributed by atoms with Crippen molar-refractivity contribution in [2.24, 2.45) is 0 Å². The van der Waals surface area contributed by atoms with Gasteiger partial charge in [-0.3, -0.25) is 4.79 Å². The van der Waals surface area contributed by atoms with Crippen molar-refractivity contribution in [2.75, 3.05) is 38.8 Å². The molecule has 1 saturated heterocycles. The molecule has 1 aliphatic rings. The number of piperazine rings is 1. The molecule has 0 aliphatic carbocycles. The topological polar surface area (TPSA) is 75.7 Å². The standard InChI is InChI=1S/C25H28N4O3/c1-31-21-10-8-19(23(14-21)32-2)15-28-25(30)20-9-11-24(27-16-20)29-13-12-26-22(17-29)18-6-4-3-5-7-18/h3-11,14,16,22,26H,12-13,15,17H2,1-2H3,(H,28,30). The Morgan fingerprint density at radius 1 is 1.12 bits per heavy atom. The first-order valence-electron chi connectivity index (χ1n) is 10.7. The third kappa shape index (κ3) is 5.00. The van der Waals surface area contributed by atoms with E-state index in [9.17, 15) is 4.79 Å². The zero-order valence-corrected chi connectivity index (χ0v) is 18.4. The Balaban J connectivity index is 1.37. The van der Waals surface area contributed by atoms with Crippen molar-refractivity contribution < 1.29 is 14.3 Å². The predicted octanol–water partition coefficient (Wildman–Crippen LogP) is 3.18. The second-order valence-electron chi connectivity index (χ2n) is 7.63. The smallest absolute Gasteiger partial charge is 0.253 e. The lowest BCUT2D eigenvalue weighted by molar-refractivity contribution is 0.0950. The van der Waals surface area contributed by atoms with Crippen LogP contribution < -0.4 is 25.0 Å². The van der Waals surface area contributed by atoms with E-state index < -0.39 is 0 Å². The lowest BCUT2D eigenvalue weighted by Crippen LogP contribution is -2.46. The number of aromatic nitrogens is 1. The maximum Gasteiger partial charge on any atom is 0.253 e. The molecule has 166 valence electrons. The fourth-order valence-electron chi connectivity index (χ4n) is 3.85. The van der Waals surface area contributed by atoms with Crippen LogP contribution in [-0.2, 0) is 6.54 Å². The molecule has 2 heterocycles. The summed E-state index contributed by atoms with van der Waals surface area (Å²) in [5, 5.41) is 6.49. The summed E-state index contributed by atoms with van der Waals surface area (Å²) in [6.45, 7) is 2.94. The van der Waals surface area contributed by atoms with Crippen molar-refractivity contribution in [1.82, 2.24) is 15.6 Å². The number of carbonyl (C=O) groups is 1. The van der Waals surface area contributed by atoms with Crippen molar-refractivity contribution >= 4 is 11.7 Å². The number of benzene rings is 2. The molecule has 1 unspecified atom stereocenters. The van der Waals surface area contributed by atoms with Crippen LogP contribution in [0.3, 0.4) is 0 Å². The van der Waals surface area contributed by atoms with Crippen molar-refractivity contribution in [2.45, 2.75) is 12.6 Å². The highest BCUT2D eigenvalue weighted by atomic mass is 16.5. The van der Waals surface area contributed by atoms with Gasteiger partial charge in [0.15, 0.2) is 0 Å². The fraction of sp³-hybridized carbons (Fsp3) is 0.280. The van der Waals surface area contributed by atoms with Gasteiger partial charge in [0, 0.05) is 50.0 Å². The molecule has 7 nitrogen and oxygen atoms in total. The van der Waals surface area contributed by atoms with Crippen LogP contribution in [0.4, 0.5) is 5.82 Å². The third-order valence-corrected chi connectivity index (χ3v) is 5.65. The number of pyridine rings is 1. The second-order valence-corrected chi connectivity index (χ2v) is 7.63. The lowest BCUT2D eigenvalue weighted by Gasteiger charge is -2.34. The summed E-state index contributed by atoms with van der Waals surface area (Å²) in [6, 6.07) is 19.9. The van der Waals surface area contributed by atoms with E-state index in [4.69, 9.17) is 9.47 Å². The van der Waals surface area contributed by atoms with Gasteiger partial charge in [0.25, 0.3) is 5.91 Å². The van der Waals surface area contributed by atoms with Crippen molar-refractivity contribution in [3.8, 4) is 11.5 Å². The van der Waals surface area contributed by atoms with E-state index in [-0.39, 0.29) is 11.9 Å². The highest BCUT2D eigenvalue weighted by molar-refractivity contribution is 5.94. The molecule has 4 rings (SSSR count). The number of rotatable bonds is 7. The Morgan fingerprint density at radius 2 is 1.97 bits per heavy atom. The Labute approximate surface area is 188 Å². The van der Waals surface area contributed by atoms with Gasteiger partial charge in [-0.1, -0.05) is 30.3 Å². The molecule has 1 fully saturated rings. The van der Waals surface area contributed by atoms with E-state index in [1.54, 1.807) is 26.5 Å². The van der Waals surface area contributed by atoms with E-state index in [1.807, 2.05) is 30.3 Å². The summed E-state index contributed by atoms with van der Waals surface area (Å²) < 4.78 is 10.6. The number of nitrogens with one attached hydrogen (secondary N) is 2. The highest BCUT2D eigenvalue weighted by Gasteiger charge is 2.21. The van der Waals surface area contributed by atoms with Gasteiger partial charge in [-0.05, 0) is 29.8 Å². The molecule has 1 atom stereocenters. The van der Waals surface area contributed by atoms with Gasteiger partial charge in [-0.25, -0.2) is 4.98 Å². The van der Waals surface area contributed by atoms with Crippen LogP contribution in [0.2, 0.25) is 0 Å². The molecule has 1 amide bonds. The maximum atomic E-state index is 12.6. The molecule has 32 heavy (non-hydrogen) atoms. The van der Waals surface area contributed by atoms with Crippen LogP contribution in [0.15, 0.2) is 66.9 Å². The number of hydrogen-bond donors (Lipinski definition) is 2. The van der Waals surface area contributed by atoms with Gasteiger partial charge in [-0.15, -0.1) is 0 Å². The summed E-state index contributed by atoms with van der Waals surface area (Å²) in [7, 11) is 3.20. The maximum absolute atomic E-state index is 12.6. The van der Waals surface area contributed by atoms with Crippen LogP contribution in [0.1, 0.15) is 27.5 Å². The van der Waals surface area contributed by atoms with Crippen LogP contribution in [0.25, 0.3) is 0 Å². The first-order chi connectivity index (χ1) is 15.7. The summed E-state index contributed by atoms with van der Waals surface area (Å²) in [5.41, 5.74) is 2.66. The van der Waals surface area contributed by atoms with Gasteiger partial charge < -0.3 is 25.0 Å². The molecule has 0 saturated carbocycles. The number of carbonyl (C=O) groups excluding carboxylic acids is 1. The van der Waals surface area contributed by atoms with Gasteiger partial charge >= 0.3 is 0 Å². The van der Waals surface area contributed by atoms with Crippen LogP contribution in [0, 0.1) is 0 Å². The van der Waals surface area contributed by atoms with E-state index in [0.717, 1.165) is 31.0 Å². The Bertz CT molecular complexity index is 1040. The van der Waals surface area contributed by atoms with Gasteiger partial charge in [-0.2, -0.15) is 0 Å².